The van der Waals surface area contributed by atoms with Gasteiger partial charge in [0.1, 0.15) is 0 Å². The highest BCUT2D eigenvalue weighted by Crippen LogP contribution is 2.00. The molecule has 0 radical (unpaired) electrons. The van der Waals surface area contributed by atoms with Gasteiger partial charge in [0.05, 0.1) is 6.04 Å². The summed E-state index contributed by atoms with van der Waals surface area (Å²) in [6, 6.07) is 2.39. The van der Waals surface area contributed by atoms with E-state index in [1.807, 2.05) is 23.1 Å². The minimum Gasteiger partial charge on any atom is -0.313 e. The van der Waals surface area contributed by atoms with Crippen LogP contribution in [0.3, 0.4) is 0 Å². The van der Waals surface area contributed by atoms with E-state index >= 15 is 0 Å². The number of hydrogen-bond acceptors (Lipinski definition) is 3. The van der Waals surface area contributed by atoms with Crippen molar-refractivity contribution in [2.45, 2.75) is 26.8 Å². The van der Waals surface area contributed by atoms with Crippen LogP contribution in [0.1, 0.15) is 26.8 Å². The Bertz CT molecular complexity index is 254. The fourth-order valence-electron chi connectivity index (χ4n) is 1.72. The van der Waals surface area contributed by atoms with Gasteiger partial charge in [-0.1, -0.05) is 13.8 Å². The van der Waals surface area contributed by atoms with Gasteiger partial charge in [-0.3, -0.25) is 4.68 Å². The highest BCUT2D eigenvalue weighted by atomic mass is 15.3. The third-order valence-corrected chi connectivity index (χ3v) is 2.92. The number of rotatable bonds is 8. The van der Waals surface area contributed by atoms with Crippen LogP contribution < -0.4 is 5.32 Å². The lowest BCUT2D eigenvalue weighted by molar-refractivity contribution is 0.298. The molecular weight excluding hydrogens is 200 g/mol. The van der Waals surface area contributed by atoms with Crippen LogP contribution >= 0.6 is 0 Å². The molecule has 1 aromatic heterocycles. The van der Waals surface area contributed by atoms with Crippen LogP contribution in [0.25, 0.3) is 0 Å². The number of likely N-dealkylation sites (N-methyl/N-ethyl adjacent to an activating group) is 1. The molecule has 4 heteroatoms. The Morgan fingerprint density at radius 2 is 2.12 bits per heavy atom. The van der Waals surface area contributed by atoms with Gasteiger partial charge in [0.2, 0.25) is 0 Å². The summed E-state index contributed by atoms with van der Waals surface area (Å²) in [5.41, 5.74) is 0. The summed E-state index contributed by atoms with van der Waals surface area (Å²) < 4.78 is 1.99. The molecule has 0 aliphatic carbocycles. The first-order chi connectivity index (χ1) is 7.77. The largest absolute Gasteiger partial charge is 0.313 e. The molecule has 92 valence electrons. The third-order valence-electron chi connectivity index (χ3n) is 2.92. The van der Waals surface area contributed by atoms with E-state index in [0.29, 0.717) is 6.04 Å². The van der Waals surface area contributed by atoms with E-state index in [1.54, 1.807) is 0 Å². The van der Waals surface area contributed by atoms with Crippen molar-refractivity contribution >= 4 is 0 Å². The van der Waals surface area contributed by atoms with Crippen molar-refractivity contribution in [2.24, 2.45) is 0 Å². The predicted molar refractivity (Wildman–Crippen MR) is 67.6 cm³/mol. The molecule has 1 atom stereocenters. The molecule has 0 amide bonds. The van der Waals surface area contributed by atoms with Crippen molar-refractivity contribution in [2.75, 3.05) is 32.7 Å². The van der Waals surface area contributed by atoms with Gasteiger partial charge >= 0.3 is 0 Å². The Morgan fingerprint density at radius 1 is 1.38 bits per heavy atom. The zero-order valence-electron chi connectivity index (χ0n) is 10.7. The summed E-state index contributed by atoms with van der Waals surface area (Å²) in [7, 11) is 0. The molecule has 0 saturated carbocycles. The molecule has 0 aliphatic heterocycles. The Balaban J connectivity index is 2.11. The molecule has 0 spiro atoms. The molecule has 1 unspecified atom stereocenters. The Hall–Kier alpha value is -0.870. The molecular formula is C12H24N4. The van der Waals surface area contributed by atoms with Crippen molar-refractivity contribution in [3.05, 3.63) is 18.5 Å². The minimum atomic E-state index is 0.423. The molecule has 16 heavy (non-hydrogen) atoms. The van der Waals surface area contributed by atoms with E-state index in [9.17, 15) is 0 Å². The number of nitrogens with one attached hydrogen (secondary N) is 1. The first kappa shape index (κ1) is 13.2. The maximum absolute atomic E-state index is 4.23. The minimum absolute atomic E-state index is 0.423. The topological polar surface area (TPSA) is 33.1 Å². The van der Waals surface area contributed by atoms with Gasteiger partial charge in [0.15, 0.2) is 0 Å². The monoisotopic (exact) mass is 224 g/mol. The average molecular weight is 224 g/mol. The first-order valence-corrected chi connectivity index (χ1v) is 6.20. The van der Waals surface area contributed by atoms with E-state index in [0.717, 1.165) is 32.7 Å². The number of hydrogen-bond donors (Lipinski definition) is 1. The van der Waals surface area contributed by atoms with Gasteiger partial charge in [-0.05, 0) is 26.1 Å². The van der Waals surface area contributed by atoms with Crippen LogP contribution in [0.5, 0.6) is 0 Å². The number of aromatic nitrogens is 2. The Labute approximate surface area is 98.6 Å². The zero-order valence-corrected chi connectivity index (χ0v) is 10.7. The summed E-state index contributed by atoms with van der Waals surface area (Å²) in [6.07, 6.45) is 3.84. The van der Waals surface area contributed by atoms with E-state index in [-0.39, 0.29) is 0 Å². The molecule has 1 heterocycles. The summed E-state index contributed by atoms with van der Waals surface area (Å²) in [4.78, 5) is 2.42. The standard InChI is InChI=1S/C12H24N4/c1-4-15(5-2)10-8-13-11-12(3)16-9-6-7-14-16/h6-7,9,12-13H,4-5,8,10-11H2,1-3H3. The predicted octanol–water partition coefficient (Wildman–Crippen LogP) is 1.38. The summed E-state index contributed by atoms with van der Waals surface area (Å²) in [5, 5.41) is 7.70. The SMILES string of the molecule is CCN(CC)CCNCC(C)n1cccn1. The van der Waals surface area contributed by atoms with Gasteiger partial charge in [-0.25, -0.2) is 0 Å². The smallest absolute Gasteiger partial charge is 0.0615 e. The van der Waals surface area contributed by atoms with Gasteiger partial charge in [-0.2, -0.15) is 5.10 Å². The van der Waals surface area contributed by atoms with E-state index in [2.05, 4.69) is 36.1 Å². The summed E-state index contributed by atoms with van der Waals surface area (Å²) >= 11 is 0. The van der Waals surface area contributed by atoms with Gasteiger partial charge in [0, 0.05) is 32.0 Å². The van der Waals surface area contributed by atoms with Crippen molar-refractivity contribution in [3.8, 4) is 0 Å². The number of nitrogens with zero attached hydrogens (tertiary/aromatic N) is 3. The molecule has 4 nitrogen and oxygen atoms in total. The fourth-order valence-corrected chi connectivity index (χ4v) is 1.72. The van der Waals surface area contributed by atoms with Crippen LogP contribution in [0.2, 0.25) is 0 Å². The van der Waals surface area contributed by atoms with Gasteiger partial charge < -0.3 is 10.2 Å². The molecule has 0 bridgehead atoms. The van der Waals surface area contributed by atoms with Crippen molar-refractivity contribution in [1.29, 1.82) is 0 Å². The Morgan fingerprint density at radius 3 is 2.69 bits per heavy atom. The molecule has 0 aliphatic rings. The van der Waals surface area contributed by atoms with Crippen molar-refractivity contribution in [1.82, 2.24) is 20.0 Å². The first-order valence-electron chi connectivity index (χ1n) is 6.20. The molecule has 1 rings (SSSR count). The van der Waals surface area contributed by atoms with Crippen molar-refractivity contribution in [3.63, 3.8) is 0 Å². The van der Waals surface area contributed by atoms with E-state index < -0.39 is 0 Å². The quantitative estimate of drug-likeness (QED) is 0.677. The Kier molecular flexibility index (Phi) is 6.11. The molecule has 0 fully saturated rings. The zero-order chi connectivity index (χ0) is 11.8. The molecule has 1 N–H and O–H groups in total. The van der Waals surface area contributed by atoms with Gasteiger partial charge in [0.25, 0.3) is 0 Å². The van der Waals surface area contributed by atoms with E-state index in [4.69, 9.17) is 0 Å². The van der Waals surface area contributed by atoms with Gasteiger partial charge in [-0.15, -0.1) is 0 Å². The van der Waals surface area contributed by atoms with Crippen LogP contribution in [0.15, 0.2) is 18.5 Å². The van der Waals surface area contributed by atoms with Crippen LogP contribution in [0.4, 0.5) is 0 Å². The van der Waals surface area contributed by atoms with Crippen LogP contribution in [0, 0.1) is 0 Å². The summed E-state index contributed by atoms with van der Waals surface area (Å²) in [6.45, 7) is 12.0. The fraction of sp³-hybridized carbons (Fsp3) is 0.750. The van der Waals surface area contributed by atoms with Crippen LogP contribution in [-0.4, -0.2) is 47.4 Å². The van der Waals surface area contributed by atoms with Crippen molar-refractivity contribution < 1.29 is 0 Å². The molecule has 0 aromatic carbocycles. The highest BCUT2D eigenvalue weighted by Gasteiger charge is 2.03. The molecule has 1 aromatic rings. The third kappa shape index (κ3) is 4.33. The summed E-state index contributed by atoms with van der Waals surface area (Å²) in [5.74, 6) is 0. The lowest BCUT2D eigenvalue weighted by atomic mass is 10.3. The van der Waals surface area contributed by atoms with E-state index in [1.165, 1.54) is 0 Å². The lowest BCUT2D eigenvalue weighted by Gasteiger charge is -2.19. The lowest BCUT2D eigenvalue weighted by Crippen LogP contribution is -2.34. The second kappa shape index (κ2) is 7.41. The second-order valence-corrected chi connectivity index (χ2v) is 4.07. The highest BCUT2D eigenvalue weighted by molar-refractivity contribution is 4.81. The average Bonchev–Trinajstić information content (AvgIpc) is 2.82. The molecule has 0 saturated heterocycles. The maximum atomic E-state index is 4.23. The maximum Gasteiger partial charge on any atom is 0.0615 e. The second-order valence-electron chi connectivity index (χ2n) is 4.07. The normalized spacial score (nSPS) is 13.2. The van der Waals surface area contributed by atoms with Crippen LogP contribution in [-0.2, 0) is 0 Å².